The van der Waals surface area contributed by atoms with E-state index in [2.05, 4.69) is 36.5 Å². The highest BCUT2D eigenvalue weighted by atomic mass is 79.9. The van der Waals surface area contributed by atoms with Crippen LogP contribution >= 0.6 is 15.9 Å². The highest BCUT2D eigenvalue weighted by molar-refractivity contribution is 9.10. The molecule has 0 aromatic carbocycles. The second-order valence-corrected chi connectivity index (χ2v) is 4.29. The van der Waals surface area contributed by atoms with E-state index >= 15 is 0 Å². The summed E-state index contributed by atoms with van der Waals surface area (Å²) in [5.74, 6) is 1.57. The average Bonchev–Trinajstić information content (AvgIpc) is 2.28. The molecule has 1 rings (SSSR count). The summed E-state index contributed by atoms with van der Waals surface area (Å²) in [5.41, 5.74) is 0. The molecule has 0 spiro atoms. The second-order valence-electron chi connectivity index (χ2n) is 3.48. The molecule has 2 N–H and O–H groups in total. The first-order chi connectivity index (χ1) is 8.15. The number of aromatic nitrogens is 2. The largest absolute Gasteiger partial charge is 0.369 e. The Kier molecular flexibility index (Phi) is 5.90. The molecule has 0 fully saturated rings. The summed E-state index contributed by atoms with van der Waals surface area (Å²) in [4.78, 5) is 19.8. The van der Waals surface area contributed by atoms with Crippen molar-refractivity contribution in [1.82, 2.24) is 15.3 Å². The molecule has 17 heavy (non-hydrogen) atoms. The van der Waals surface area contributed by atoms with Crippen LogP contribution in [0.15, 0.2) is 10.7 Å². The standard InChI is InChI=1S/C11H17BrN4O/c1-3-9-15-8(12)7-10(16-9)14-6-5-11(17)13-4-2/h7H,3-6H2,1-2H3,(H,13,17)(H,14,15,16). The van der Waals surface area contributed by atoms with Crippen molar-refractivity contribution in [2.45, 2.75) is 26.7 Å². The molecule has 0 aliphatic heterocycles. The molecule has 0 unspecified atom stereocenters. The minimum atomic E-state index is 0.0452. The third-order valence-electron chi connectivity index (χ3n) is 2.09. The lowest BCUT2D eigenvalue weighted by molar-refractivity contribution is -0.120. The summed E-state index contributed by atoms with van der Waals surface area (Å²) in [6.07, 6.45) is 1.22. The molecular weight excluding hydrogens is 284 g/mol. The fraction of sp³-hybridized carbons (Fsp3) is 0.545. The lowest BCUT2D eigenvalue weighted by Gasteiger charge is -2.07. The number of hydrogen-bond donors (Lipinski definition) is 2. The number of nitrogens with zero attached hydrogens (tertiary/aromatic N) is 2. The summed E-state index contributed by atoms with van der Waals surface area (Å²) in [6.45, 7) is 5.14. The smallest absolute Gasteiger partial charge is 0.221 e. The Balaban J connectivity index is 2.46. The number of carbonyl (C=O) groups excluding carboxylic acids is 1. The number of halogens is 1. The van der Waals surface area contributed by atoms with Crippen LogP contribution in [-0.2, 0) is 11.2 Å². The molecule has 0 bridgehead atoms. The van der Waals surface area contributed by atoms with E-state index < -0.39 is 0 Å². The highest BCUT2D eigenvalue weighted by Gasteiger charge is 2.02. The van der Waals surface area contributed by atoms with Gasteiger partial charge in [0, 0.05) is 32.0 Å². The maximum absolute atomic E-state index is 11.2. The molecule has 0 saturated carbocycles. The van der Waals surface area contributed by atoms with Crippen LogP contribution in [0.4, 0.5) is 5.82 Å². The van der Waals surface area contributed by atoms with Crippen molar-refractivity contribution in [2.24, 2.45) is 0 Å². The molecule has 1 aromatic heterocycles. The van der Waals surface area contributed by atoms with Crippen LogP contribution in [0, 0.1) is 0 Å². The molecule has 0 aliphatic carbocycles. The van der Waals surface area contributed by atoms with Gasteiger partial charge >= 0.3 is 0 Å². The van der Waals surface area contributed by atoms with Gasteiger partial charge in [-0.1, -0.05) is 6.92 Å². The zero-order valence-electron chi connectivity index (χ0n) is 10.1. The Bertz CT molecular complexity index is 384. The van der Waals surface area contributed by atoms with Crippen molar-refractivity contribution >= 4 is 27.7 Å². The van der Waals surface area contributed by atoms with Crippen molar-refractivity contribution in [3.8, 4) is 0 Å². The SMILES string of the molecule is CCNC(=O)CCNc1cc(Br)nc(CC)n1. The van der Waals surface area contributed by atoms with Gasteiger partial charge in [-0.05, 0) is 22.9 Å². The number of rotatable bonds is 6. The summed E-state index contributed by atoms with van der Waals surface area (Å²) >= 11 is 3.33. The van der Waals surface area contributed by atoms with E-state index in [0.717, 1.165) is 22.7 Å². The third kappa shape index (κ3) is 5.12. The van der Waals surface area contributed by atoms with E-state index in [-0.39, 0.29) is 5.91 Å². The van der Waals surface area contributed by atoms with Crippen LogP contribution in [0.1, 0.15) is 26.1 Å². The van der Waals surface area contributed by atoms with Crippen molar-refractivity contribution in [3.63, 3.8) is 0 Å². The molecule has 1 aromatic rings. The quantitative estimate of drug-likeness (QED) is 0.785. The summed E-state index contributed by atoms with van der Waals surface area (Å²) in [6, 6.07) is 1.80. The Morgan fingerprint density at radius 3 is 2.82 bits per heavy atom. The van der Waals surface area contributed by atoms with Crippen molar-refractivity contribution in [2.75, 3.05) is 18.4 Å². The molecule has 0 aliphatic rings. The fourth-order valence-electron chi connectivity index (χ4n) is 1.30. The van der Waals surface area contributed by atoms with Gasteiger partial charge in [-0.15, -0.1) is 0 Å². The maximum atomic E-state index is 11.2. The van der Waals surface area contributed by atoms with E-state index in [0.29, 0.717) is 19.5 Å². The Hall–Kier alpha value is -1.17. The number of aryl methyl sites for hydroxylation is 1. The molecular formula is C11H17BrN4O. The Morgan fingerprint density at radius 2 is 2.18 bits per heavy atom. The zero-order chi connectivity index (χ0) is 12.7. The minimum Gasteiger partial charge on any atom is -0.369 e. The Labute approximate surface area is 110 Å². The number of hydrogen-bond acceptors (Lipinski definition) is 4. The highest BCUT2D eigenvalue weighted by Crippen LogP contribution is 2.12. The summed E-state index contributed by atoms with van der Waals surface area (Å²) in [5, 5.41) is 5.85. The van der Waals surface area contributed by atoms with E-state index in [1.54, 1.807) is 6.07 Å². The third-order valence-corrected chi connectivity index (χ3v) is 2.50. The number of amides is 1. The molecule has 0 saturated heterocycles. The van der Waals surface area contributed by atoms with Crippen molar-refractivity contribution in [1.29, 1.82) is 0 Å². The minimum absolute atomic E-state index is 0.0452. The molecule has 0 radical (unpaired) electrons. The topological polar surface area (TPSA) is 66.9 Å². The summed E-state index contributed by atoms with van der Waals surface area (Å²) in [7, 11) is 0. The van der Waals surface area contributed by atoms with Gasteiger partial charge in [0.1, 0.15) is 16.2 Å². The van der Waals surface area contributed by atoms with Gasteiger partial charge in [0.25, 0.3) is 0 Å². The monoisotopic (exact) mass is 300 g/mol. The number of anilines is 1. The van der Waals surface area contributed by atoms with Crippen molar-refractivity contribution in [3.05, 3.63) is 16.5 Å². The van der Waals surface area contributed by atoms with Gasteiger partial charge in [-0.2, -0.15) is 0 Å². The summed E-state index contributed by atoms with van der Waals surface area (Å²) < 4.78 is 0.754. The van der Waals surface area contributed by atoms with Crippen molar-refractivity contribution < 1.29 is 4.79 Å². The van der Waals surface area contributed by atoms with Crippen LogP contribution in [-0.4, -0.2) is 29.0 Å². The lowest BCUT2D eigenvalue weighted by atomic mass is 10.4. The van der Waals surface area contributed by atoms with Crippen LogP contribution in [0.2, 0.25) is 0 Å². The average molecular weight is 301 g/mol. The normalized spacial score (nSPS) is 10.1. The molecule has 0 atom stereocenters. The van der Waals surface area contributed by atoms with Gasteiger partial charge in [-0.25, -0.2) is 9.97 Å². The fourth-order valence-corrected chi connectivity index (χ4v) is 1.72. The lowest BCUT2D eigenvalue weighted by Crippen LogP contribution is -2.24. The van der Waals surface area contributed by atoms with E-state index in [9.17, 15) is 4.79 Å². The Morgan fingerprint density at radius 1 is 1.41 bits per heavy atom. The number of carbonyl (C=O) groups is 1. The second kappa shape index (κ2) is 7.21. The van der Waals surface area contributed by atoms with E-state index in [1.165, 1.54) is 0 Å². The number of nitrogens with one attached hydrogen (secondary N) is 2. The van der Waals surface area contributed by atoms with Gasteiger partial charge in [0.15, 0.2) is 0 Å². The van der Waals surface area contributed by atoms with E-state index in [1.807, 2.05) is 13.8 Å². The molecule has 6 heteroatoms. The first-order valence-electron chi connectivity index (χ1n) is 5.69. The van der Waals surface area contributed by atoms with Crippen LogP contribution in [0.25, 0.3) is 0 Å². The molecule has 1 amide bonds. The van der Waals surface area contributed by atoms with Crippen LogP contribution in [0.5, 0.6) is 0 Å². The predicted octanol–water partition coefficient (Wildman–Crippen LogP) is 1.74. The van der Waals surface area contributed by atoms with Crippen LogP contribution < -0.4 is 10.6 Å². The maximum Gasteiger partial charge on any atom is 0.221 e. The molecule has 94 valence electrons. The van der Waals surface area contributed by atoms with Gasteiger partial charge in [-0.3, -0.25) is 4.79 Å². The van der Waals surface area contributed by atoms with Gasteiger partial charge in [0.2, 0.25) is 5.91 Å². The van der Waals surface area contributed by atoms with E-state index in [4.69, 9.17) is 0 Å². The zero-order valence-corrected chi connectivity index (χ0v) is 11.7. The first-order valence-corrected chi connectivity index (χ1v) is 6.49. The van der Waals surface area contributed by atoms with Gasteiger partial charge in [0.05, 0.1) is 0 Å². The van der Waals surface area contributed by atoms with Gasteiger partial charge < -0.3 is 10.6 Å². The van der Waals surface area contributed by atoms with Crippen LogP contribution in [0.3, 0.4) is 0 Å². The predicted molar refractivity (Wildman–Crippen MR) is 70.9 cm³/mol. The molecule has 1 heterocycles. The first kappa shape index (κ1) is 13.9. The molecule has 5 nitrogen and oxygen atoms in total.